The molecule has 0 aliphatic rings. The van der Waals surface area contributed by atoms with E-state index in [0.29, 0.717) is 5.82 Å². The van der Waals surface area contributed by atoms with Crippen LogP contribution in [0.2, 0.25) is 0 Å². The zero-order chi connectivity index (χ0) is 14.3. The summed E-state index contributed by atoms with van der Waals surface area (Å²) in [4.78, 5) is 5.22. The summed E-state index contributed by atoms with van der Waals surface area (Å²) in [7, 11) is 0. The van der Waals surface area contributed by atoms with E-state index in [1.807, 2.05) is 43.3 Å². The topological polar surface area (TPSA) is 88.8 Å². The van der Waals surface area contributed by atoms with Gasteiger partial charge in [0.05, 0.1) is 10.6 Å². The largest absolute Gasteiger partial charge is 0.383 e. The van der Waals surface area contributed by atoms with E-state index in [-0.39, 0.29) is 5.84 Å². The number of aromatic nitrogens is 1. The summed E-state index contributed by atoms with van der Waals surface area (Å²) in [5, 5.41) is 8.63. The Morgan fingerprint density at radius 1 is 1.25 bits per heavy atom. The highest BCUT2D eigenvalue weighted by atomic mass is 32.1. The average molecular weight is 282 g/mol. The van der Waals surface area contributed by atoms with E-state index in [2.05, 4.69) is 4.98 Å². The number of fused-ring (bicyclic) bond motifs is 1. The van der Waals surface area contributed by atoms with Crippen LogP contribution in [0.15, 0.2) is 36.4 Å². The number of amidine groups is 1. The lowest BCUT2D eigenvalue weighted by atomic mass is 10.1. The van der Waals surface area contributed by atoms with Crippen LogP contribution in [-0.2, 0) is 0 Å². The molecule has 20 heavy (non-hydrogen) atoms. The molecule has 2 aromatic heterocycles. The van der Waals surface area contributed by atoms with Crippen LogP contribution in [0.5, 0.6) is 0 Å². The van der Waals surface area contributed by atoms with Gasteiger partial charge in [0, 0.05) is 10.3 Å². The van der Waals surface area contributed by atoms with E-state index in [9.17, 15) is 0 Å². The van der Waals surface area contributed by atoms with Gasteiger partial charge in [-0.15, -0.1) is 11.3 Å². The Hall–Kier alpha value is -2.40. The molecular formula is C15H14N4S. The number of aryl methyl sites for hydroxylation is 1. The lowest BCUT2D eigenvalue weighted by molar-refractivity contribution is 1.28. The van der Waals surface area contributed by atoms with E-state index in [1.165, 1.54) is 11.3 Å². The van der Waals surface area contributed by atoms with Gasteiger partial charge in [-0.2, -0.15) is 0 Å². The fourth-order valence-corrected chi connectivity index (χ4v) is 3.14. The number of benzene rings is 1. The van der Waals surface area contributed by atoms with Crippen molar-refractivity contribution in [3.05, 3.63) is 46.8 Å². The van der Waals surface area contributed by atoms with Crippen molar-refractivity contribution >= 4 is 33.1 Å². The summed E-state index contributed by atoms with van der Waals surface area (Å²) in [6, 6.07) is 11.9. The van der Waals surface area contributed by atoms with Gasteiger partial charge >= 0.3 is 0 Å². The summed E-state index contributed by atoms with van der Waals surface area (Å²) in [5.74, 6) is 0.636. The number of rotatable bonds is 2. The molecule has 5 heteroatoms. The minimum Gasteiger partial charge on any atom is -0.383 e. The summed E-state index contributed by atoms with van der Waals surface area (Å²) in [6.45, 7) is 1.94. The van der Waals surface area contributed by atoms with Crippen molar-refractivity contribution in [2.45, 2.75) is 6.92 Å². The van der Waals surface area contributed by atoms with Crippen molar-refractivity contribution in [1.82, 2.24) is 4.98 Å². The molecule has 5 N–H and O–H groups in total. The van der Waals surface area contributed by atoms with Crippen LogP contribution in [-0.4, -0.2) is 10.8 Å². The maximum atomic E-state index is 7.56. The molecule has 3 rings (SSSR count). The fourth-order valence-electron chi connectivity index (χ4n) is 2.09. The van der Waals surface area contributed by atoms with E-state index in [4.69, 9.17) is 16.9 Å². The Morgan fingerprint density at radius 3 is 2.75 bits per heavy atom. The van der Waals surface area contributed by atoms with Crippen molar-refractivity contribution in [2.24, 2.45) is 5.73 Å². The summed E-state index contributed by atoms with van der Waals surface area (Å²) in [5.41, 5.74) is 14.3. The molecule has 0 radical (unpaired) electrons. The van der Waals surface area contributed by atoms with Gasteiger partial charge in [0.15, 0.2) is 0 Å². The first-order valence-electron chi connectivity index (χ1n) is 6.16. The van der Waals surface area contributed by atoms with Crippen LogP contribution in [0, 0.1) is 12.3 Å². The van der Waals surface area contributed by atoms with Crippen molar-refractivity contribution in [2.75, 3.05) is 5.73 Å². The highest BCUT2D eigenvalue weighted by molar-refractivity contribution is 7.21. The zero-order valence-electron chi connectivity index (χ0n) is 11.0. The van der Waals surface area contributed by atoms with Crippen LogP contribution in [0.25, 0.3) is 21.3 Å². The number of hydrogen-bond acceptors (Lipinski definition) is 4. The third-order valence-electron chi connectivity index (χ3n) is 3.22. The van der Waals surface area contributed by atoms with E-state index < -0.39 is 0 Å². The van der Waals surface area contributed by atoms with Crippen molar-refractivity contribution in [1.29, 1.82) is 5.41 Å². The molecule has 0 saturated carbocycles. The quantitative estimate of drug-likeness (QED) is 0.498. The number of thiophene rings is 1. The molecule has 100 valence electrons. The monoisotopic (exact) mass is 282 g/mol. The molecule has 0 spiro atoms. The molecule has 0 fully saturated rings. The fraction of sp³-hybridized carbons (Fsp3) is 0.0667. The second kappa shape index (κ2) is 4.61. The molecule has 1 aromatic carbocycles. The van der Waals surface area contributed by atoms with Crippen LogP contribution in [0.4, 0.5) is 5.82 Å². The highest BCUT2D eigenvalue weighted by Gasteiger charge is 2.11. The maximum absolute atomic E-state index is 7.56. The number of nitrogens with two attached hydrogens (primary N) is 2. The lowest BCUT2D eigenvalue weighted by Gasteiger charge is -2.05. The minimum absolute atomic E-state index is 0.0912. The van der Waals surface area contributed by atoms with Gasteiger partial charge in [-0.25, -0.2) is 4.98 Å². The van der Waals surface area contributed by atoms with E-state index in [1.54, 1.807) is 0 Å². The van der Waals surface area contributed by atoms with Gasteiger partial charge in [0.25, 0.3) is 0 Å². The Kier molecular flexibility index (Phi) is 2.91. The standard InChI is InChI=1S/C15H14N4S/c1-8-5-6-11(19-15(8)18)10-4-2-3-9-7-12(14(16)17)20-13(9)10/h2-7H,1H3,(H3,16,17)(H2,18,19). The molecule has 3 aromatic rings. The maximum Gasteiger partial charge on any atom is 0.133 e. The Labute approximate surface area is 120 Å². The van der Waals surface area contributed by atoms with Crippen molar-refractivity contribution < 1.29 is 0 Å². The van der Waals surface area contributed by atoms with Crippen LogP contribution < -0.4 is 11.5 Å². The average Bonchev–Trinajstić information content (AvgIpc) is 2.86. The van der Waals surface area contributed by atoms with Crippen molar-refractivity contribution in [3.8, 4) is 11.3 Å². The number of anilines is 1. The lowest BCUT2D eigenvalue weighted by Crippen LogP contribution is -2.08. The first-order chi connectivity index (χ1) is 9.56. The molecule has 4 nitrogen and oxygen atoms in total. The molecule has 0 atom stereocenters. The Balaban J connectivity index is 2.24. The molecular weight excluding hydrogens is 268 g/mol. The highest BCUT2D eigenvalue weighted by Crippen LogP contribution is 2.34. The minimum atomic E-state index is 0.0912. The predicted octanol–water partition coefficient (Wildman–Crippen LogP) is 3.14. The Bertz CT molecular complexity index is 820. The number of pyridine rings is 1. The van der Waals surface area contributed by atoms with E-state index in [0.717, 1.165) is 31.8 Å². The normalized spacial score (nSPS) is 10.8. The Morgan fingerprint density at radius 2 is 2.05 bits per heavy atom. The first kappa shape index (κ1) is 12.6. The van der Waals surface area contributed by atoms with Gasteiger partial charge in [-0.1, -0.05) is 24.3 Å². The first-order valence-corrected chi connectivity index (χ1v) is 6.98. The van der Waals surface area contributed by atoms with E-state index >= 15 is 0 Å². The second-order valence-electron chi connectivity index (χ2n) is 4.65. The number of nitrogens with one attached hydrogen (secondary N) is 1. The number of nitrogen functional groups attached to an aromatic ring is 2. The number of nitrogens with zero attached hydrogens (tertiary/aromatic N) is 1. The molecule has 0 unspecified atom stereocenters. The molecule has 0 aliphatic carbocycles. The predicted molar refractivity (Wildman–Crippen MR) is 85.2 cm³/mol. The molecule has 0 bridgehead atoms. The smallest absolute Gasteiger partial charge is 0.133 e. The molecule has 2 heterocycles. The summed E-state index contributed by atoms with van der Waals surface area (Å²) < 4.78 is 1.08. The van der Waals surface area contributed by atoms with Gasteiger partial charge in [-0.3, -0.25) is 5.41 Å². The zero-order valence-corrected chi connectivity index (χ0v) is 11.8. The van der Waals surface area contributed by atoms with Gasteiger partial charge in [0.1, 0.15) is 11.7 Å². The van der Waals surface area contributed by atoms with Crippen LogP contribution in [0.3, 0.4) is 0 Å². The third kappa shape index (κ3) is 2.02. The van der Waals surface area contributed by atoms with Gasteiger partial charge in [-0.05, 0) is 30.0 Å². The summed E-state index contributed by atoms with van der Waals surface area (Å²) >= 11 is 1.51. The molecule has 0 saturated heterocycles. The molecule has 0 amide bonds. The van der Waals surface area contributed by atoms with Gasteiger partial charge < -0.3 is 11.5 Å². The van der Waals surface area contributed by atoms with Crippen LogP contribution >= 0.6 is 11.3 Å². The summed E-state index contributed by atoms with van der Waals surface area (Å²) in [6.07, 6.45) is 0. The van der Waals surface area contributed by atoms with Crippen LogP contribution in [0.1, 0.15) is 10.4 Å². The third-order valence-corrected chi connectivity index (χ3v) is 4.44. The SMILES string of the molecule is Cc1ccc(-c2cccc3cc(C(=N)N)sc23)nc1N. The van der Waals surface area contributed by atoms with Gasteiger partial charge in [0.2, 0.25) is 0 Å². The number of hydrogen-bond donors (Lipinski definition) is 3. The van der Waals surface area contributed by atoms with Crippen molar-refractivity contribution in [3.63, 3.8) is 0 Å². The second-order valence-corrected chi connectivity index (χ2v) is 5.70. The molecule has 0 aliphatic heterocycles.